The van der Waals surface area contributed by atoms with Crippen LogP contribution in [-0.2, 0) is 6.54 Å². The number of hydrogen-bond donors (Lipinski definition) is 2. The SMILES string of the molecule is Nc1nc(Cl)nc(NCc2ccc(Br)cc2)n1. The molecule has 0 radical (unpaired) electrons. The summed E-state index contributed by atoms with van der Waals surface area (Å²) < 4.78 is 1.04. The summed E-state index contributed by atoms with van der Waals surface area (Å²) in [6, 6.07) is 7.91. The Labute approximate surface area is 112 Å². The second kappa shape index (κ2) is 5.29. The van der Waals surface area contributed by atoms with Crippen LogP contribution in [0.1, 0.15) is 5.56 Å². The van der Waals surface area contributed by atoms with Gasteiger partial charge in [-0.3, -0.25) is 0 Å². The van der Waals surface area contributed by atoms with Gasteiger partial charge in [0.25, 0.3) is 0 Å². The molecule has 0 aliphatic rings. The smallest absolute Gasteiger partial charge is 0.229 e. The van der Waals surface area contributed by atoms with Crippen molar-refractivity contribution in [2.45, 2.75) is 6.54 Å². The van der Waals surface area contributed by atoms with E-state index in [2.05, 4.69) is 36.2 Å². The van der Waals surface area contributed by atoms with Crippen LogP contribution in [0.15, 0.2) is 28.7 Å². The first-order chi connectivity index (χ1) is 8.13. The first kappa shape index (κ1) is 12.1. The molecule has 0 bridgehead atoms. The summed E-state index contributed by atoms with van der Waals surface area (Å²) in [6.45, 7) is 0.590. The Hall–Kier alpha value is -1.40. The molecule has 1 aromatic heterocycles. The maximum atomic E-state index is 5.66. The fraction of sp³-hybridized carbons (Fsp3) is 0.100. The van der Waals surface area contributed by atoms with Gasteiger partial charge in [0.15, 0.2) is 0 Å². The van der Waals surface area contributed by atoms with Gasteiger partial charge in [-0.05, 0) is 29.3 Å². The molecule has 1 aromatic carbocycles. The van der Waals surface area contributed by atoms with E-state index in [1.165, 1.54) is 0 Å². The van der Waals surface area contributed by atoms with Gasteiger partial charge in [-0.25, -0.2) is 0 Å². The van der Waals surface area contributed by atoms with Gasteiger partial charge in [-0.2, -0.15) is 15.0 Å². The van der Waals surface area contributed by atoms with Crippen LogP contribution in [0.3, 0.4) is 0 Å². The second-order valence-electron chi connectivity index (χ2n) is 3.27. The van der Waals surface area contributed by atoms with Crippen LogP contribution in [0.5, 0.6) is 0 Å². The summed E-state index contributed by atoms with van der Waals surface area (Å²) in [5, 5.41) is 3.10. The van der Waals surface area contributed by atoms with Crippen molar-refractivity contribution in [2.24, 2.45) is 0 Å². The normalized spacial score (nSPS) is 10.2. The van der Waals surface area contributed by atoms with Crippen molar-refractivity contribution in [2.75, 3.05) is 11.1 Å². The van der Waals surface area contributed by atoms with Gasteiger partial charge in [0.05, 0.1) is 0 Å². The Morgan fingerprint density at radius 1 is 1.18 bits per heavy atom. The van der Waals surface area contributed by atoms with Gasteiger partial charge in [0, 0.05) is 11.0 Å². The molecule has 0 amide bonds. The molecule has 5 nitrogen and oxygen atoms in total. The molecule has 1 heterocycles. The topological polar surface area (TPSA) is 76.7 Å². The third-order valence-corrected chi connectivity index (χ3v) is 2.69. The van der Waals surface area contributed by atoms with Crippen molar-refractivity contribution < 1.29 is 0 Å². The van der Waals surface area contributed by atoms with Crippen LogP contribution >= 0.6 is 27.5 Å². The second-order valence-corrected chi connectivity index (χ2v) is 4.52. The van der Waals surface area contributed by atoms with Gasteiger partial charge in [-0.1, -0.05) is 28.1 Å². The highest BCUT2D eigenvalue weighted by Crippen LogP contribution is 2.12. The number of benzene rings is 1. The minimum atomic E-state index is 0.0795. The van der Waals surface area contributed by atoms with Crippen molar-refractivity contribution in [1.82, 2.24) is 15.0 Å². The minimum absolute atomic E-state index is 0.0795. The minimum Gasteiger partial charge on any atom is -0.368 e. The molecule has 0 saturated carbocycles. The molecular formula is C10H9BrClN5. The predicted octanol–water partition coefficient (Wildman–Crippen LogP) is 2.48. The molecule has 0 fully saturated rings. The van der Waals surface area contributed by atoms with Crippen molar-refractivity contribution in [3.05, 3.63) is 39.6 Å². The van der Waals surface area contributed by atoms with Crippen LogP contribution < -0.4 is 11.1 Å². The third-order valence-electron chi connectivity index (χ3n) is 1.99. The number of hydrogen-bond acceptors (Lipinski definition) is 5. The maximum absolute atomic E-state index is 5.66. The third kappa shape index (κ3) is 3.54. The Kier molecular flexibility index (Phi) is 3.75. The molecule has 0 atom stereocenters. The molecule has 0 saturated heterocycles. The molecule has 0 spiro atoms. The lowest BCUT2D eigenvalue weighted by atomic mass is 10.2. The molecule has 0 aliphatic heterocycles. The lowest BCUT2D eigenvalue weighted by Crippen LogP contribution is -2.06. The highest BCUT2D eigenvalue weighted by atomic mass is 79.9. The van der Waals surface area contributed by atoms with Crippen molar-refractivity contribution in [1.29, 1.82) is 0 Å². The molecule has 3 N–H and O–H groups in total. The fourth-order valence-electron chi connectivity index (χ4n) is 1.23. The summed E-state index contributed by atoms with van der Waals surface area (Å²) in [4.78, 5) is 11.5. The number of nitrogen functional groups attached to an aromatic ring is 1. The van der Waals surface area contributed by atoms with Crippen LogP contribution in [0, 0.1) is 0 Å². The van der Waals surface area contributed by atoms with Crippen LogP contribution in [0.2, 0.25) is 5.28 Å². The van der Waals surface area contributed by atoms with Crippen LogP contribution in [0.25, 0.3) is 0 Å². The lowest BCUT2D eigenvalue weighted by Gasteiger charge is -2.05. The maximum Gasteiger partial charge on any atom is 0.229 e. The summed E-state index contributed by atoms with van der Waals surface area (Å²) in [5.41, 5.74) is 6.56. The Morgan fingerprint density at radius 2 is 1.88 bits per heavy atom. The highest BCUT2D eigenvalue weighted by Gasteiger charge is 2.01. The molecule has 7 heteroatoms. The number of aromatic nitrogens is 3. The van der Waals surface area contributed by atoms with Gasteiger partial charge in [0.1, 0.15) is 0 Å². The van der Waals surface area contributed by atoms with E-state index in [0.717, 1.165) is 10.0 Å². The number of nitrogens with two attached hydrogens (primary N) is 1. The standard InChI is InChI=1S/C10H9BrClN5/c11-7-3-1-6(2-4-7)5-14-10-16-8(12)15-9(13)17-10/h1-4H,5H2,(H3,13,14,15,16,17). The first-order valence-electron chi connectivity index (χ1n) is 4.79. The zero-order valence-electron chi connectivity index (χ0n) is 8.69. The molecule has 88 valence electrons. The molecule has 0 aliphatic carbocycles. The Bertz CT molecular complexity index is 496. The van der Waals surface area contributed by atoms with Gasteiger partial charge >= 0.3 is 0 Å². The molecule has 17 heavy (non-hydrogen) atoms. The van der Waals surface area contributed by atoms with E-state index < -0.39 is 0 Å². The number of nitrogens with one attached hydrogen (secondary N) is 1. The van der Waals surface area contributed by atoms with Gasteiger partial charge in [0.2, 0.25) is 17.2 Å². The van der Waals surface area contributed by atoms with E-state index in [0.29, 0.717) is 12.5 Å². The lowest BCUT2D eigenvalue weighted by molar-refractivity contribution is 1.01. The number of halogens is 2. The number of anilines is 2. The zero-order chi connectivity index (χ0) is 12.3. The molecule has 2 aromatic rings. The van der Waals surface area contributed by atoms with Gasteiger partial charge < -0.3 is 11.1 Å². The van der Waals surface area contributed by atoms with E-state index >= 15 is 0 Å². The highest BCUT2D eigenvalue weighted by molar-refractivity contribution is 9.10. The largest absolute Gasteiger partial charge is 0.368 e. The van der Waals surface area contributed by atoms with E-state index in [4.69, 9.17) is 17.3 Å². The summed E-state index contributed by atoms with van der Waals surface area (Å²) in [7, 11) is 0. The summed E-state index contributed by atoms with van der Waals surface area (Å²) in [5.74, 6) is 0.466. The van der Waals surface area contributed by atoms with Crippen LogP contribution in [-0.4, -0.2) is 15.0 Å². The monoisotopic (exact) mass is 313 g/mol. The summed E-state index contributed by atoms with van der Waals surface area (Å²) >= 11 is 9.04. The quantitative estimate of drug-likeness (QED) is 0.910. The van der Waals surface area contributed by atoms with Crippen molar-refractivity contribution in [3.8, 4) is 0 Å². The van der Waals surface area contributed by atoms with E-state index in [1.54, 1.807) is 0 Å². The molecule has 0 unspecified atom stereocenters. The molecular weight excluding hydrogens is 306 g/mol. The average Bonchev–Trinajstić information content (AvgIpc) is 2.27. The Balaban J connectivity index is 2.04. The number of nitrogens with zero attached hydrogens (tertiary/aromatic N) is 3. The predicted molar refractivity (Wildman–Crippen MR) is 70.7 cm³/mol. The van der Waals surface area contributed by atoms with Gasteiger partial charge in [-0.15, -0.1) is 0 Å². The average molecular weight is 315 g/mol. The fourth-order valence-corrected chi connectivity index (χ4v) is 1.66. The number of rotatable bonds is 3. The first-order valence-corrected chi connectivity index (χ1v) is 5.96. The van der Waals surface area contributed by atoms with E-state index in [9.17, 15) is 0 Å². The molecule has 2 rings (SSSR count). The van der Waals surface area contributed by atoms with E-state index in [-0.39, 0.29) is 11.2 Å². The Morgan fingerprint density at radius 3 is 2.53 bits per heavy atom. The van der Waals surface area contributed by atoms with Crippen LogP contribution in [0.4, 0.5) is 11.9 Å². The van der Waals surface area contributed by atoms with E-state index in [1.807, 2.05) is 24.3 Å². The van der Waals surface area contributed by atoms with Crippen molar-refractivity contribution in [3.63, 3.8) is 0 Å². The van der Waals surface area contributed by atoms with Crippen molar-refractivity contribution >= 4 is 39.4 Å². The summed E-state index contributed by atoms with van der Waals surface area (Å²) in [6.07, 6.45) is 0. The zero-order valence-corrected chi connectivity index (χ0v) is 11.0.